The highest BCUT2D eigenvalue weighted by Crippen LogP contribution is 2.19. The first-order valence-corrected chi connectivity index (χ1v) is 8.03. The number of hydrogen-bond donors (Lipinski definition) is 1. The van der Waals surface area contributed by atoms with Crippen molar-refractivity contribution >= 4 is 10.8 Å². The smallest absolute Gasteiger partial charge is 0.0346 e. The van der Waals surface area contributed by atoms with Gasteiger partial charge in [0.2, 0.25) is 0 Å². The van der Waals surface area contributed by atoms with Crippen molar-refractivity contribution in [1.29, 1.82) is 0 Å². The Balaban J connectivity index is 1.44. The highest BCUT2D eigenvalue weighted by Gasteiger charge is 2.15. The number of fused-ring (bicyclic) bond motifs is 1. The molecular formula is C18H25N3. The minimum absolute atomic E-state index is 0.913. The lowest BCUT2D eigenvalue weighted by molar-refractivity contribution is 0.211. The Morgan fingerprint density at radius 2 is 2.05 bits per heavy atom. The van der Waals surface area contributed by atoms with Crippen LogP contribution in [0.5, 0.6) is 0 Å². The van der Waals surface area contributed by atoms with Crippen LogP contribution in [0.15, 0.2) is 36.7 Å². The van der Waals surface area contributed by atoms with Crippen molar-refractivity contribution in [1.82, 2.24) is 15.2 Å². The Labute approximate surface area is 127 Å². The third kappa shape index (κ3) is 4.02. The van der Waals surface area contributed by atoms with E-state index in [1.54, 1.807) is 0 Å². The average molecular weight is 283 g/mol. The quantitative estimate of drug-likeness (QED) is 0.855. The normalized spacial score (nSPS) is 17.4. The molecule has 3 rings (SSSR count). The standard InChI is InChI=1S/C18H25N3/c1-21-10-6-15(7-11-21)4-8-19-13-16-2-3-18-14-20-9-5-17(18)12-16/h2-3,5,9,12,14-15,19H,4,6-8,10-11,13H2,1H3. The van der Waals surface area contributed by atoms with Gasteiger partial charge in [-0.2, -0.15) is 0 Å². The summed E-state index contributed by atoms with van der Waals surface area (Å²) in [5.41, 5.74) is 1.36. The van der Waals surface area contributed by atoms with Crippen molar-refractivity contribution in [2.75, 3.05) is 26.7 Å². The minimum atomic E-state index is 0.913. The first-order chi connectivity index (χ1) is 10.3. The van der Waals surface area contributed by atoms with Crippen molar-refractivity contribution in [2.24, 2.45) is 5.92 Å². The minimum Gasteiger partial charge on any atom is -0.313 e. The van der Waals surface area contributed by atoms with E-state index < -0.39 is 0 Å². The molecule has 0 bridgehead atoms. The number of pyridine rings is 1. The van der Waals surface area contributed by atoms with Gasteiger partial charge in [0.1, 0.15) is 0 Å². The van der Waals surface area contributed by atoms with Crippen molar-refractivity contribution in [3.8, 4) is 0 Å². The SMILES string of the molecule is CN1CCC(CCNCc2ccc3cnccc3c2)CC1. The van der Waals surface area contributed by atoms with Crippen molar-refractivity contribution in [3.05, 3.63) is 42.2 Å². The molecule has 112 valence electrons. The number of nitrogens with zero attached hydrogens (tertiary/aromatic N) is 2. The van der Waals surface area contributed by atoms with Gasteiger partial charge in [0.25, 0.3) is 0 Å². The van der Waals surface area contributed by atoms with Gasteiger partial charge in [-0.05, 0) is 74.9 Å². The second-order valence-corrected chi connectivity index (χ2v) is 6.27. The van der Waals surface area contributed by atoms with E-state index in [0.717, 1.165) is 19.0 Å². The molecular weight excluding hydrogens is 258 g/mol. The first-order valence-electron chi connectivity index (χ1n) is 8.03. The van der Waals surface area contributed by atoms with Crippen molar-refractivity contribution < 1.29 is 0 Å². The lowest BCUT2D eigenvalue weighted by atomic mass is 9.94. The molecule has 1 saturated heterocycles. The van der Waals surface area contributed by atoms with Crippen LogP contribution < -0.4 is 5.32 Å². The number of hydrogen-bond acceptors (Lipinski definition) is 3. The Morgan fingerprint density at radius 1 is 1.19 bits per heavy atom. The molecule has 0 aliphatic carbocycles. The Morgan fingerprint density at radius 3 is 2.90 bits per heavy atom. The fraction of sp³-hybridized carbons (Fsp3) is 0.500. The summed E-state index contributed by atoms with van der Waals surface area (Å²) >= 11 is 0. The summed E-state index contributed by atoms with van der Waals surface area (Å²) in [6.07, 6.45) is 7.82. The van der Waals surface area contributed by atoms with E-state index in [-0.39, 0.29) is 0 Å². The summed E-state index contributed by atoms with van der Waals surface area (Å²) < 4.78 is 0. The van der Waals surface area contributed by atoms with Gasteiger partial charge < -0.3 is 10.2 Å². The predicted octanol–water partition coefficient (Wildman–Crippen LogP) is 3.06. The summed E-state index contributed by atoms with van der Waals surface area (Å²) in [6, 6.07) is 8.71. The monoisotopic (exact) mass is 283 g/mol. The highest BCUT2D eigenvalue weighted by molar-refractivity contribution is 5.81. The molecule has 1 aliphatic heterocycles. The lowest BCUT2D eigenvalue weighted by Gasteiger charge is -2.28. The zero-order valence-electron chi connectivity index (χ0n) is 12.9. The topological polar surface area (TPSA) is 28.2 Å². The van der Waals surface area contributed by atoms with Crippen LogP contribution in [0.3, 0.4) is 0 Å². The second kappa shape index (κ2) is 7.01. The highest BCUT2D eigenvalue weighted by atomic mass is 15.1. The molecule has 3 heteroatoms. The van der Waals surface area contributed by atoms with E-state index in [9.17, 15) is 0 Å². The van der Waals surface area contributed by atoms with E-state index in [1.165, 1.54) is 48.7 Å². The molecule has 0 spiro atoms. The molecule has 3 nitrogen and oxygen atoms in total. The van der Waals surface area contributed by atoms with Crippen molar-refractivity contribution in [3.63, 3.8) is 0 Å². The van der Waals surface area contributed by atoms with E-state index in [4.69, 9.17) is 0 Å². The van der Waals surface area contributed by atoms with Crippen LogP contribution in [-0.4, -0.2) is 36.6 Å². The van der Waals surface area contributed by atoms with Gasteiger partial charge >= 0.3 is 0 Å². The third-order valence-corrected chi connectivity index (χ3v) is 4.60. The maximum atomic E-state index is 4.16. The second-order valence-electron chi connectivity index (χ2n) is 6.27. The molecule has 2 heterocycles. The molecule has 0 saturated carbocycles. The fourth-order valence-electron chi connectivity index (χ4n) is 3.13. The number of aromatic nitrogens is 1. The largest absolute Gasteiger partial charge is 0.313 e. The van der Waals surface area contributed by atoms with Crippen LogP contribution in [0.4, 0.5) is 0 Å². The molecule has 0 atom stereocenters. The van der Waals surface area contributed by atoms with Gasteiger partial charge in [-0.15, -0.1) is 0 Å². The Kier molecular flexibility index (Phi) is 4.84. The van der Waals surface area contributed by atoms with Crippen LogP contribution >= 0.6 is 0 Å². The van der Waals surface area contributed by atoms with Crippen LogP contribution in [0, 0.1) is 5.92 Å². The summed E-state index contributed by atoms with van der Waals surface area (Å²) in [6.45, 7) is 4.63. The fourth-order valence-corrected chi connectivity index (χ4v) is 3.13. The summed E-state index contributed by atoms with van der Waals surface area (Å²) in [7, 11) is 2.23. The summed E-state index contributed by atoms with van der Waals surface area (Å²) in [5, 5.41) is 6.09. The molecule has 2 aromatic rings. The Bertz CT molecular complexity index is 573. The first kappa shape index (κ1) is 14.5. The predicted molar refractivity (Wildman–Crippen MR) is 88.3 cm³/mol. The van der Waals surface area contributed by atoms with Crippen LogP contribution in [0.1, 0.15) is 24.8 Å². The molecule has 1 N–H and O–H groups in total. The van der Waals surface area contributed by atoms with E-state index >= 15 is 0 Å². The molecule has 0 radical (unpaired) electrons. The molecule has 0 amide bonds. The molecule has 1 aliphatic rings. The maximum absolute atomic E-state index is 4.16. The van der Waals surface area contributed by atoms with Gasteiger partial charge in [0, 0.05) is 24.3 Å². The van der Waals surface area contributed by atoms with E-state index in [2.05, 4.69) is 46.5 Å². The summed E-state index contributed by atoms with van der Waals surface area (Å²) in [4.78, 5) is 6.59. The number of piperidine rings is 1. The number of nitrogens with one attached hydrogen (secondary N) is 1. The van der Waals surface area contributed by atoms with Crippen molar-refractivity contribution in [2.45, 2.75) is 25.8 Å². The van der Waals surface area contributed by atoms with Gasteiger partial charge in [0.05, 0.1) is 0 Å². The van der Waals surface area contributed by atoms with Gasteiger partial charge in [-0.3, -0.25) is 4.98 Å². The molecule has 21 heavy (non-hydrogen) atoms. The van der Waals surface area contributed by atoms with E-state index in [1.807, 2.05) is 12.4 Å². The zero-order chi connectivity index (χ0) is 14.5. The van der Waals surface area contributed by atoms with Crippen LogP contribution in [-0.2, 0) is 6.54 Å². The van der Waals surface area contributed by atoms with Gasteiger partial charge in [-0.1, -0.05) is 12.1 Å². The van der Waals surface area contributed by atoms with Crippen LogP contribution in [0.2, 0.25) is 0 Å². The van der Waals surface area contributed by atoms with Gasteiger partial charge in [-0.25, -0.2) is 0 Å². The molecule has 1 fully saturated rings. The van der Waals surface area contributed by atoms with Gasteiger partial charge in [0.15, 0.2) is 0 Å². The molecule has 0 unspecified atom stereocenters. The van der Waals surface area contributed by atoms with Crippen LogP contribution in [0.25, 0.3) is 10.8 Å². The number of likely N-dealkylation sites (tertiary alicyclic amines) is 1. The lowest BCUT2D eigenvalue weighted by Crippen LogP contribution is -2.31. The molecule has 1 aromatic carbocycles. The summed E-state index contributed by atoms with van der Waals surface area (Å²) in [5.74, 6) is 0.913. The maximum Gasteiger partial charge on any atom is 0.0346 e. The Hall–Kier alpha value is -1.45. The average Bonchev–Trinajstić information content (AvgIpc) is 2.53. The third-order valence-electron chi connectivity index (χ3n) is 4.60. The molecule has 1 aromatic heterocycles. The zero-order valence-corrected chi connectivity index (χ0v) is 12.9. The number of rotatable bonds is 5. The number of benzene rings is 1. The van der Waals surface area contributed by atoms with E-state index in [0.29, 0.717) is 0 Å².